The molecule has 1 aliphatic rings. The van der Waals surface area contributed by atoms with Crippen molar-refractivity contribution in [3.8, 4) is 0 Å². The Bertz CT molecular complexity index is 245. The zero-order valence-corrected chi connectivity index (χ0v) is 9.56. The molecule has 0 bridgehead atoms. The molecule has 1 amide bonds. The van der Waals surface area contributed by atoms with Crippen LogP contribution in [0.3, 0.4) is 0 Å². The number of ether oxygens (including phenoxy) is 1. The molecule has 1 saturated heterocycles. The lowest BCUT2D eigenvalue weighted by Gasteiger charge is -2.14. The van der Waals surface area contributed by atoms with E-state index in [4.69, 9.17) is 0 Å². The average Bonchev–Trinajstić information content (AvgIpc) is 2.81. The molecule has 16 heavy (non-hydrogen) atoms. The van der Waals surface area contributed by atoms with Gasteiger partial charge in [-0.15, -0.1) is 0 Å². The molecule has 0 aliphatic carbocycles. The Hall–Kier alpha value is -1.32. The summed E-state index contributed by atoms with van der Waals surface area (Å²) in [4.78, 5) is 23.4. The lowest BCUT2D eigenvalue weighted by Crippen LogP contribution is -2.27. The van der Waals surface area contributed by atoms with E-state index in [1.807, 2.05) is 11.0 Å². The zero-order chi connectivity index (χ0) is 11.6. The molecule has 90 valence electrons. The molecule has 0 radical (unpaired) electrons. The number of rotatable bonds is 7. The second-order valence-corrected chi connectivity index (χ2v) is 3.88. The van der Waals surface area contributed by atoms with E-state index < -0.39 is 0 Å². The van der Waals surface area contributed by atoms with Crippen molar-refractivity contribution in [3.05, 3.63) is 12.2 Å². The van der Waals surface area contributed by atoms with E-state index in [2.05, 4.69) is 4.74 Å². The van der Waals surface area contributed by atoms with E-state index in [0.29, 0.717) is 19.5 Å². The van der Waals surface area contributed by atoms with Gasteiger partial charge in [-0.3, -0.25) is 9.59 Å². The molecule has 1 aliphatic heterocycles. The maximum atomic E-state index is 11.6. The molecule has 1 fully saturated rings. The Labute approximate surface area is 96.3 Å². The highest BCUT2D eigenvalue weighted by molar-refractivity contribution is 5.76. The van der Waals surface area contributed by atoms with Gasteiger partial charge >= 0.3 is 0 Å². The van der Waals surface area contributed by atoms with Crippen molar-refractivity contribution in [2.24, 2.45) is 0 Å². The first-order chi connectivity index (χ1) is 7.84. The molecular formula is C12H19NO3. The molecule has 0 aromatic heterocycles. The first-order valence-corrected chi connectivity index (χ1v) is 5.82. The van der Waals surface area contributed by atoms with Gasteiger partial charge in [-0.25, -0.2) is 0 Å². The smallest absolute Gasteiger partial charge is 0.293 e. The van der Waals surface area contributed by atoms with Crippen LogP contribution in [-0.2, 0) is 14.3 Å². The molecule has 1 rings (SSSR count). The molecule has 0 N–H and O–H groups in total. The van der Waals surface area contributed by atoms with Gasteiger partial charge in [-0.1, -0.05) is 12.2 Å². The van der Waals surface area contributed by atoms with Crippen molar-refractivity contribution in [3.63, 3.8) is 0 Å². The Balaban J connectivity index is 1.99. The Morgan fingerprint density at radius 2 is 2.00 bits per heavy atom. The van der Waals surface area contributed by atoms with Gasteiger partial charge in [-0.05, 0) is 25.7 Å². The highest BCUT2D eigenvalue weighted by atomic mass is 16.5. The van der Waals surface area contributed by atoms with Crippen molar-refractivity contribution in [1.82, 2.24) is 4.90 Å². The predicted molar refractivity (Wildman–Crippen MR) is 60.8 cm³/mol. The van der Waals surface area contributed by atoms with Gasteiger partial charge in [0.15, 0.2) is 0 Å². The summed E-state index contributed by atoms with van der Waals surface area (Å²) in [5, 5.41) is 0. The van der Waals surface area contributed by atoms with Crippen LogP contribution in [0, 0.1) is 0 Å². The molecule has 0 spiro atoms. The largest absolute Gasteiger partial charge is 0.464 e. The summed E-state index contributed by atoms with van der Waals surface area (Å²) in [6, 6.07) is 0. The minimum Gasteiger partial charge on any atom is -0.464 e. The molecule has 1 heterocycles. The maximum Gasteiger partial charge on any atom is 0.293 e. The summed E-state index contributed by atoms with van der Waals surface area (Å²) < 4.78 is 4.50. The molecule has 4 nitrogen and oxygen atoms in total. The van der Waals surface area contributed by atoms with Crippen LogP contribution in [0.15, 0.2) is 12.2 Å². The third-order valence-corrected chi connectivity index (χ3v) is 2.65. The standard InChI is InChI=1S/C12H19NO3/c14-11-16-10-6-2-1-3-7-12(15)13-8-4-5-9-13/h2,6,11H,1,3-5,7-10H2/b6-2+. The van der Waals surface area contributed by atoms with Crippen molar-refractivity contribution in [2.45, 2.75) is 32.1 Å². The number of likely N-dealkylation sites (tertiary alicyclic amines) is 1. The van der Waals surface area contributed by atoms with Crippen molar-refractivity contribution >= 4 is 12.4 Å². The summed E-state index contributed by atoms with van der Waals surface area (Å²) in [5.41, 5.74) is 0. The van der Waals surface area contributed by atoms with E-state index >= 15 is 0 Å². The van der Waals surface area contributed by atoms with E-state index in [1.54, 1.807) is 6.08 Å². The number of hydrogen-bond donors (Lipinski definition) is 0. The van der Waals surface area contributed by atoms with Gasteiger partial charge in [0.25, 0.3) is 6.47 Å². The fourth-order valence-electron chi connectivity index (χ4n) is 1.78. The van der Waals surface area contributed by atoms with Gasteiger partial charge in [0, 0.05) is 19.5 Å². The maximum absolute atomic E-state index is 11.6. The topological polar surface area (TPSA) is 46.6 Å². The quantitative estimate of drug-likeness (QED) is 0.375. The van der Waals surface area contributed by atoms with Gasteiger partial charge in [0.05, 0.1) is 0 Å². The lowest BCUT2D eigenvalue weighted by atomic mass is 10.2. The SMILES string of the molecule is O=COC/C=C/CCCC(=O)N1CCCC1. The van der Waals surface area contributed by atoms with Crippen molar-refractivity contribution in [2.75, 3.05) is 19.7 Å². The number of unbranched alkanes of at least 4 members (excludes halogenated alkanes) is 1. The van der Waals surface area contributed by atoms with Crippen molar-refractivity contribution in [1.29, 1.82) is 0 Å². The van der Waals surface area contributed by atoms with Crippen LogP contribution in [0.4, 0.5) is 0 Å². The summed E-state index contributed by atoms with van der Waals surface area (Å²) >= 11 is 0. The number of hydrogen-bond acceptors (Lipinski definition) is 3. The highest BCUT2D eigenvalue weighted by Gasteiger charge is 2.16. The molecule has 0 unspecified atom stereocenters. The Morgan fingerprint density at radius 1 is 1.25 bits per heavy atom. The van der Waals surface area contributed by atoms with Gasteiger partial charge < -0.3 is 9.64 Å². The molecule has 4 heteroatoms. The van der Waals surface area contributed by atoms with Crippen LogP contribution < -0.4 is 0 Å². The first-order valence-electron chi connectivity index (χ1n) is 5.82. The number of amides is 1. The van der Waals surface area contributed by atoms with Crippen molar-refractivity contribution < 1.29 is 14.3 Å². The van der Waals surface area contributed by atoms with Crippen LogP contribution >= 0.6 is 0 Å². The molecule has 0 saturated carbocycles. The number of carbonyl (C=O) groups excluding carboxylic acids is 2. The van der Waals surface area contributed by atoms with Crippen LogP contribution in [0.5, 0.6) is 0 Å². The Kier molecular flexibility index (Phi) is 6.30. The van der Waals surface area contributed by atoms with Gasteiger partial charge in [0.1, 0.15) is 6.61 Å². The number of allylic oxidation sites excluding steroid dienone is 1. The van der Waals surface area contributed by atoms with E-state index in [9.17, 15) is 9.59 Å². The monoisotopic (exact) mass is 225 g/mol. The zero-order valence-electron chi connectivity index (χ0n) is 9.56. The second-order valence-electron chi connectivity index (χ2n) is 3.88. The predicted octanol–water partition coefficient (Wildman–Crippen LogP) is 1.51. The Morgan fingerprint density at radius 3 is 2.69 bits per heavy atom. The molecule has 0 atom stereocenters. The summed E-state index contributed by atoms with van der Waals surface area (Å²) in [6.07, 6.45) is 8.40. The van der Waals surface area contributed by atoms with Crippen LogP contribution in [0.1, 0.15) is 32.1 Å². The van der Waals surface area contributed by atoms with E-state index in [0.717, 1.165) is 38.8 Å². The van der Waals surface area contributed by atoms with Gasteiger partial charge in [-0.2, -0.15) is 0 Å². The fraction of sp³-hybridized carbons (Fsp3) is 0.667. The summed E-state index contributed by atoms with van der Waals surface area (Å²) in [7, 11) is 0. The van der Waals surface area contributed by atoms with E-state index in [1.165, 1.54) is 0 Å². The second kappa shape index (κ2) is 7.91. The lowest BCUT2D eigenvalue weighted by molar-refractivity contribution is -0.130. The van der Waals surface area contributed by atoms with Crippen LogP contribution in [0.2, 0.25) is 0 Å². The summed E-state index contributed by atoms with van der Waals surface area (Å²) in [6.45, 7) is 2.62. The number of carbonyl (C=O) groups is 2. The average molecular weight is 225 g/mol. The minimum absolute atomic E-state index is 0.273. The van der Waals surface area contributed by atoms with Gasteiger partial charge in [0.2, 0.25) is 5.91 Å². The van der Waals surface area contributed by atoms with Crippen LogP contribution in [-0.4, -0.2) is 37.0 Å². The third-order valence-electron chi connectivity index (χ3n) is 2.65. The highest BCUT2D eigenvalue weighted by Crippen LogP contribution is 2.10. The number of nitrogens with zero attached hydrogens (tertiary/aromatic N) is 1. The first kappa shape index (κ1) is 12.7. The van der Waals surface area contributed by atoms with Crippen LogP contribution in [0.25, 0.3) is 0 Å². The molecule has 0 aromatic rings. The third kappa shape index (κ3) is 4.96. The molecule has 0 aromatic carbocycles. The summed E-state index contributed by atoms with van der Waals surface area (Å²) in [5.74, 6) is 0.273. The normalized spacial score (nSPS) is 15.6. The minimum atomic E-state index is 0.273. The molecular weight excluding hydrogens is 206 g/mol. The fourth-order valence-corrected chi connectivity index (χ4v) is 1.78. The van der Waals surface area contributed by atoms with E-state index in [-0.39, 0.29) is 5.91 Å².